The molecule has 1 heterocycles. The fourth-order valence-corrected chi connectivity index (χ4v) is 5.69. The van der Waals surface area contributed by atoms with Gasteiger partial charge in [-0.15, -0.1) is 11.8 Å². The number of carbonyl (C=O) groups excluding carboxylic acids is 2. The number of benzene rings is 2. The predicted molar refractivity (Wildman–Crippen MR) is 125 cm³/mol. The summed E-state index contributed by atoms with van der Waals surface area (Å²) in [6.45, 7) is 1.46. The first-order valence-electron chi connectivity index (χ1n) is 9.67. The minimum Gasteiger partial charge on any atom is -0.497 e. The van der Waals surface area contributed by atoms with Gasteiger partial charge in [-0.3, -0.25) is 9.59 Å². The molecule has 32 heavy (non-hydrogen) atoms. The number of ether oxygens (including phenoxy) is 2. The molecule has 2 aromatic carbocycles. The molecule has 1 aliphatic heterocycles. The van der Waals surface area contributed by atoms with E-state index in [2.05, 4.69) is 10.6 Å². The van der Waals surface area contributed by atoms with Crippen molar-refractivity contribution in [3.05, 3.63) is 35.4 Å². The maximum absolute atomic E-state index is 13.1. The molecule has 172 valence electrons. The third-order valence-corrected chi connectivity index (χ3v) is 8.40. The molecule has 0 radical (unpaired) electrons. The van der Waals surface area contributed by atoms with Gasteiger partial charge >= 0.3 is 0 Å². The Kier molecular flexibility index (Phi) is 7.58. The zero-order chi connectivity index (χ0) is 23.5. The monoisotopic (exact) mass is 498 g/mol. The lowest BCUT2D eigenvalue weighted by Crippen LogP contribution is -2.25. The number of amides is 2. The van der Waals surface area contributed by atoms with E-state index < -0.39 is 21.0 Å². The number of carbonyl (C=O) groups is 2. The number of hydrogen-bond donors (Lipinski definition) is 2. The van der Waals surface area contributed by atoms with Crippen LogP contribution in [0.1, 0.15) is 19.8 Å². The second-order valence-corrected chi connectivity index (χ2v) is 11.0. The van der Waals surface area contributed by atoms with E-state index in [4.69, 9.17) is 21.1 Å². The number of hydrogen-bond acceptors (Lipinski definition) is 7. The molecule has 0 aromatic heterocycles. The third kappa shape index (κ3) is 5.31. The highest BCUT2D eigenvalue weighted by molar-refractivity contribution is 7.99. The van der Waals surface area contributed by atoms with Crippen molar-refractivity contribution in [2.45, 2.75) is 34.8 Å². The van der Waals surface area contributed by atoms with Crippen LogP contribution in [0.4, 0.5) is 11.4 Å². The van der Waals surface area contributed by atoms with Gasteiger partial charge in [-0.05, 0) is 25.1 Å². The van der Waals surface area contributed by atoms with Gasteiger partial charge in [-0.25, -0.2) is 8.42 Å². The molecule has 0 spiro atoms. The van der Waals surface area contributed by atoms with Crippen molar-refractivity contribution in [3.63, 3.8) is 0 Å². The molecule has 0 bridgehead atoms. The average molecular weight is 499 g/mol. The topological polar surface area (TPSA) is 111 Å². The van der Waals surface area contributed by atoms with E-state index in [0.717, 1.165) is 4.90 Å². The number of rotatable bonds is 7. The van der Waals surface area contributed by atoms with E-state index in [9.17, 15) is 18.0 Å². The number of sulfone groups is 1. The normalized spacial score (nSPS) is 14.6. The van der Waals surface area contributed by atoms with E-state index >= 15 is 0 Å². The van der Waals surface area contributed by atoms with Crippen LogP contribution in [0.3, 0.4) is 0 Å². The molecule has 1 aliphatic rings. The lowest BCUT2D eigenvalue weighted by atomic mass is 10.2. The summed E-state index contributed by atoms with van der Waals surface area (Å²) in [5, 5.41) is 4.54. The first kappa shape index (κ1) is 24.2. The molecule has 2 aromatic rings. The molecule has 3 rings (SSSR count). The van der Waals surface area contributed by atoms with Crippen LogP contribution in [0.15, 0.2) is 40.1 Å². The average Bonchev–Trinajstić information content (AvgIpc) is 2.94. The molecule has 2 amide bonds. The van der Waals surface area contributed by atoms with Crippen molar-refractivity contribution >= 4 is 56.4 Å². The molecule has 11 heteroatoms. The SMILES string of the molecule is COc1cc(Cl)c(NC(=O)CC(C)S(=O)(=O)c2ccc3c(c2)NC(=O)CCS3)c(OC)c1. The van der Waals surface area contributed by atoms with Gasteiger partial charge in [-0.1, -0.05) is 11.6 Å². The Labute approximate surface area is 195 Å². The Bertz CT molecular complexity index is 1150. The van der Waals surface area contributed by atoms with Gasteiger partial charge in [0.1, 0.15) is 17.2 Å². The summed E-state index contributed by atoms with van der Waals surface area (Å²) in [6, 6.07) is 7.69. The molecule has 0 saturated heterocycles. The molecular weight excluding hydrogens is 476 g/mol. The third-order valence-electron chi connectivity index (χ3n) is 4.89. The fraction of sp³-hybridized carbons (Fsp3) is 0.333. The zero-order valence-electron chi connectivity index (χ0n) is 17.7. The van der Waals surface area contributed by atoms with Crippen LogP contribution in [0.5, 0.6) is 11.5 Å². The summed E-state index contributed by atoms with van der Waals surface area (Å²) in [5.41, 5.74) is 0.694. The van der Waals surface area contributed by atoms with Crippen molar-refractivity contribution in [1.82, 2.24) is 0 Å². The summed E-state index contributed by atoms with van der Waals surface area (Å²) in [6.07, 6.45) is 0.0570. The Morgan fingerprint density at radius 2 is 2.00 bits per heavy atom. The number of methoxy groups -OCH3 is 2. The highest BCUT2D eigenvalue weighted by Crippen LogP contribution is 2.37. The van der Waals surface area contributed by atoms with Gasteiger partial charge in [0.25, 0.3) is 0 Å². The van der Waals surface area contributed by atoms with Crippen LogP contribution < -0.4 is 20.1 Å². The lowest BCUT2D eigenvalue weighted by molar-refractivity contribution is -0.116. The van der Waals surface area contributed by atoms with Gasteiger partial charge in [0.15, 0.2) is 9.84 Å². The fourth-order valence-electron chi connectivity index (χ4n) is 3.13. The van der Waals surface area contributed by atoms with Crippen molar-refractivity contribution in [2.75, 3.05) is 30.6 Å². The standard InChI is InChI=1S/C21H23ClN2O6S2/c1-12(8-20(26)24-21-15(22)9-13(29-2)10-17(21)30-3)32(27,28)14-4-5-18-16(11-14)23-19(25)6-7-31-18/h4-5,9-12H,6-8H2,1-3H3,(H,23,25)(H,24,26). The van der Waals surface area contributed by atoms with Gasteiger partial charge in [0, 0.05) is 35.6 Å². The minimum absolute atomic E-state index is 0.0411. The summed E-state index contributed by atoms with van der Waals surface area (Å²) in [5.74, 6) is 0.666. The molecule has 0 saturated carbocycles. The second kappa shape index (κ2) is 10.0. The van der Waals surface area contributed by atoms with Crippen molar-refractivity contribution in [3.8, 4) is 11.5 Å². The second-order valence-electron chi connectivity index (χ2n) is 7.10. The molecular formula is C21H23ClN2O6S2. The maximum atomic E-state index is 13.1. The predicted octanol–water partition coefficient (Wildman–Crippen LogP) is 3.98. The van der Waals surface area contributed by atoms with Crippen LogP contribution in [0, 0.1) is 0 Å². The Morgan fingerprint density at radius 3 is 2.69 bits per heavy atom. The van der Waals surface area contributed by atoms with Crippen LogP contribution in [0.2, 0.25) is 5.02 Å². The number of halogens is 1. The van der Waals surface area contributed by atoms with Crippen LogP contribution in [-0.2, 0) is 19.4 Å². The van der Waals surface area contributed by atoms with E-state index in [1.807, 2.05) is 0 Å². The van der Waals surface area contributed by atoms with E-state index in [0.29, 0.717) is 23.6 Å². The smallest absolute Gasteiger partial charge is 0.225 e. The van der Waals surface area contributed by atoms with E-state index in [1.54, 1.807) is 12.1 Å². The number of anilines is 2. The summed E-state index contributed by atoms with van der Waals surface area (Å²) >= 11 is 7.71. The molecule has 8 nitrogen and oxygen atoms in total. The number of thioether (sulfide) groups is 1. The Balaban J connectivity index is 1.77. The van der Waals surface area contributed by atoms with Crippen molar-refractivity contribution < 1.29 is 27.5 Å². The maximum Gasteiger partial charge on any atom is 0.225 e. The van der Waals surface area contributed by atoms with Gasteiger partial charge < -0.3 is 20.1 Å². The Hall–Kier alpha value is -2.43. The minimum atomic E-state index is -3.83. The molecule has 0 fully saturated rings. The number of nitrogens with one attached hydrogen (secondary N) is 2. The first-order chi connectivity index (χ1) is 15.1. The van der Waals surface area contributed by atoms with Gasteiger partial charge in [0.2, 0.25) is 11.8 Å². The Morgan fingerprint density at radius 1 is 1.25 bits per heavy atom. The van der Waals surface area contributed by atoms with Crippen molar-refractivity contribution in [1.29, 1.82) is 0 Å². The van der Waals surface area contributed by atoms with Crippen LogP contribution in [-0.4, -0.2) is 45.5 Å². The first-order valence-corrected chi connectivity index (χ1v) is 12.6. The number of fused-ring (bicyclic) bond motifs is 1. The largest absolute Gasteiger partial charge is 0.497 e. The summed E-state index contributed by atoms with van der Waals surface area (Å²) in [7, 11) is -0.937. The highest BCUT2D eigenvalue weighted by Gasteiger charge is 2.28. The molecule has 0 aliphatic carbocycles. The van der Waals surface area contributed by atoms with Crippen LogP contribution in [0.25, 0.3) is 0 Å². The van der Waals surface area contributed by atoms with Crippen molar-refractivity contribution in [2.24, 2.45) is 0 Å². The van der Waals surface area contributed by atoms with Crippen LogP contribution >= 0.6 is 23.4 Å². The molecule has 1 atom stereocenters. The van der Waals surface area contributed by atoms with Gasteiger partial charge in [0.05, 0.1) is 35.1 Å². The summed E-state index contributed by atoms with van der Waals surface area (Å²) < 4.78 is 36.5. The van der Waals surface area contributed by atoms with Gasteiger partial charge in [-0.2, -0.15) is 0 Å². The van der Waals surface area contributed by atoms with E-state index in [-0.39, 0.29) is 33.7 Å². The highest BCUT2D eigenvalue weighted by atomic mass is 35.5. The zero-order valence-corrected chi connectivity index (χ0v) is 20.1. The van der Waals surface area contributed by atoms with E-state index in [1.165, 1.54) is 51.1 Å². The molecule has 1 unspecified atom stereocenters. The lowest BCUT2D eigenvalue weighted by Gasteiger charge is -2.17. The summed E-state index contributed by atoms with van der Waals surface area (Å²) in [4.78, 5) is 25.3. The quantitative estimate of drug-likeness (QED) is 0.593. The molecule has 2 N–H and O–H groups in total.